The molecule has 0 aromatic heterocycles. The molecule has 0 unspecified atom stereocenters. The van der Waals surface area contributed by atoms with Crippen LogP contribution < -0.4 is 0 Å². The van der Waals surface area contributed by atoms with Crippen molar-refractivity contribution in [3.8, 4) is 11.8 Å². The van der Waals surface area contributed by atoms with Crippen LogP contribution in [0.1, 0.15) is 31.9 Å². The number of rotatable bonds is 0. The molecule has 0 radical (unpaired) electrons. The van der Waals surface area contributed by atoms with Crippen molar-refractivity contribution >= 4 is 11.6 Å². The summed E-state index contributed by atoms with van der Waals surface area (Å²) >= 11 is 5.77. The number of phenolic OH excluding ortho intramolecular Hbond substituents is 1. The van der Waals surface area contributed by atoms with Crippen LogP contribution in [-0.4, -0.2) is 5.11 Å². The third-order valence-corrected chi connectivity index (χ3v) is 2.33. The van der Waals surface area contributed by atoms with E-state index in [1.807, 2.05) is 26.8 Å². The van der Waals surface area contributed by atoms with Crippen LogP contribution in [0.2, 0.25) is 5.02 Å². The molecular weight excluding hydrogens is 198 g/mol. The summed E-state index contributed by atoms with van der Waals surface area (Å²) in [5.74, 6) is 0.140. The van der Waals surface area contributed by atoms with E-state index < -0.39 is 0 Å². The fraction of sp³-hybridized carbons (Fsp3) is 0.364. The third-order valence-electron chi connectivity index (χ3n) is 2.01. The zero-order chi connectivity index (χ0) is 10.9. The fourth-order valence-electron chi connectivity index (χ4n) is 1.25. The SMILES string of the molecule is CC(C)(C)c1cc(C#N)c(Cl)cc1O. The molecule has 0 fully saturated rings. The van der Waals surface area contributed by atoms with Crippen molar-refractivity contribution in [3.05, 3.63) is 28.3 Å². The van der Waals surface area contributed by atoms with E-state index in [2.05, 4.69) is 0 Å². The fourth-order valence-corrected chi connectivity index (χ4v) is 1.45. The largest absolute Gasteiger partial charge is 0.508 e. The number of aromatic hydroxyl groups is 1. The van der Waals surface area contributed by atoms with Crippen LogP contribution in [0.15, 0.2) is 12.1 Å². The van der Waals surface area contributed by atoms with Crippen molar-refractivity contribution < 1.29 is 5.11 Å². The normalized spacial score (nSPS) is 11.1. The molecule has 0 aliphatic heterocycles. The standard InChI is InChI=1S/C11H12ClNO/c1-11(2,3)8-4-7(6-13)9(12)5-10(8)14/h4-5,14H,1-3H3. The Morgan fingerprint density at radius 3 is 2.36 bits per heavy atom. The highest BCUT2D eigenvalue weighted by Gasteiger charge is 2.19. The van der Waals surface area contributed by atoms with E-state index in [0.29, 0.717) is 5.56 Å². The average molecular weight is 210 g/mol. The van der Waals surface area contributed by atoms with Crippen LogP contribution in [0.4, 0.5) is 0 Å². The van der Waals surface area contributed by atoms with Crippen LogP contribution in [0, 0.1) is 11.3 Å². The highest BCUT2D eigenvalue weighted by atomic mass is 35.5. The van der Waals surface area contributed by atoms with Crippen molar-refractivity contribution in [2.24, 2.45) is 0 Å². The van der Waals surface area contributed by atoms with Gasteiger partial charge in [-0.3, -0.25) is 0 Å². The second kappa shape index (κ2) is 3.51. The van der Waals surface area contributed by atoms with Crippen molar-refractivity contribution in [1.29, 1.82) is 5.26 Å². The van der Waals surface area contributed by atoms with Gasteiger partial charge in [0, 0.05) is 11.6 Å². The molecule has 0 saturated carbocycles. The van der Waals surface area contributed by atoms with Gasteiger partial charge in [0.05, 0.1) is 10.6 Å². The molecule has 1 rings (SSSR count). The molecule has 0 aliphatic carbocycles. The molecule has 0 heterocycles. The zero-order valence-corrected chi connectivity index (χ0v) is 9.18. The molecule has 14 heavy (non-hydrogen) atoms. The Morgan fingerprint density at radius 2 is 1.93 bits per heavy atom. The van der Waals surface area contributed by atoms with E-state index in [1.165, 1.54) is 6.07 Å². The summed E-state index contributed by atoms with van der Waals surface area (Å²) < 4.78 is 0. The average Bonchev–Trinajstić information content (AvgIpc) is 2.02. The van der Waals surface area contributed by atoms with E-state index in [-0.39, 0.29) is 16.2 Å². The predicted octanol–water partition coefficient (Wildman–Crippen LogP) is 3.21. The number of hydrogen-bond donors (Lipinski definition) is 1. The number of benzene rings is 1. The molecule has 0 spiro atoms. The van der Waals surface area contributed by atoms with Crippen LogP contribution in [0.5, 0.6) is 5.75 Å². The maximum absolute atomic E-state index is 9.65. The summed E-state index contributed by atoms with van der Waals surface area (Å²) in [7, 11) is 0. The minimum absolute atomic E-state index is 0.140. The van der Waals surface area contributed by atoms with Gasteiger partial charge in [-0.1, -0.05) is 32.4 Å². The number of phenols is 1. The van der Waals surface area contributed by atoms with E-state index in [0.717, 1.165) is 5.56 Å². The van der Waals surface area contributed by atoms with Crippen molar-refractivity contribution in [2.45, 2.75) is 26.2 Å². The number of halogens is 1. The van der Waals surface area contributed by atoms with Gasteiger partial charge in [0.25, 0.3) is 0 Å². The van der Waals surface area contributed by atoms with Crippen LogP contribution in [-0.2, 0) is 5.41 Å². The lowest BCUT2D eigenvalue weighted by Crippen LogP contribution is -2.11. The van der Waals surface area contributed by atoms with Gasteiger partial charge in [-0.05, 0) is 11.5 Å². The molecule has 3 heteroatoms. The molecule has 74 valence electrons. The number of nitriles is 1. The molecule has 0 bridgehead atoms. The Kier molecular flexibility index (Phi) is 2.73. The minimum Gasteiger partial charge on any atom is -0.508 e. The predicted molar refractivity (Wildman–Crippen MR) is 56.5 cm³/mol. The molecule has 0 atom stereocenters. The second-order valence-electron chi connectivity index (χ2n) is 4.21. The Labute approximate surface area is 88.7 Å². The van der Waals surface area contributed by atoms with Gasteiger partial charge < -0.3 is 5.11 Å². The lowest BCUT2D eigenvalue weighted by molar-refractivity contribution is 0.446. The topological polar surface area (TPSA) is 44.0 Å². The molecule has 2 nitrogen and oxygen atoms in total. The smallest absolute Gasteiger partial charge is 0.120 e. The quantitative estimate of drug-likeness (QED) is 0.713. The van der Waals surface area contributed by atoms with Gasteiger partial charge >= 0.3 is 0 Å². The lowest BCUT2D eigenvalue weighted by Gasteiger charge is -2.20. The molecular formula is C11H12ClNO. The summed E-state index contributed by atoms with van der Waals surface area (Å²) in [5, 5.41) is 18.7. The maximum atomic E-state index is 9.65. The molecule has 0 amide bonds. The minimum atomic E-state index is -0.194. The van der Waals surface area contributed by atoms with Crippen LogP contribution in [0.25, 0.3) is 0 Å². The first-order valence-electron chi connectivity index (χ1n) is 4.29. The molecule has 1 N–H and O–H groups in total. The van der Waals surface area contributed by atoms with Crippen LogP contribution >= 0.6 is 11.6 Å². The summed E-state index contributed by atoms with van der Waals surface area (Å²) in [6.07, 6.45) is 0. The lowest BCUT2D eigenvalue weighted by atomic mass is 9.85. The zero-order valence-electron chi connectivity index (χ0n) is 8.43. The second-order valence-corrected chi connectivity index (χ2v) is 4.62. The van der Waals surface area contributed by atoms with Gasteiger partial charge in [0.15, 0.2) is 0 Å². The van der Waals surface area contributed by atoms with Gasteiger partial charge in [0.2, 0.25) is 0 Å². The molecule has 0 saturated heterocycles. The number of nitrogens with zero attached hydrogens (tertiary/aromatic N) is 1. The summed E-state index contributed by atoms with van der Waals surface area (Å²) in [6.45, 7) is 5.91. The number of hydrogen-bond acceptors (Lipinski definition) is 2. The Hall–Kier alpha value is -1.20. The van der Waals surface area contributed by atoms with Crippen molar-refractivity contribution in [3.63, 3.8) is 0 Å². The summed E-state index contributed by atoms with van der Waals surface area (Å²) in [4.78, 5) is 0. The molecule has 1 aromatic rings. The molecule has 0 aliphatic rings. The highest BCUT2D eigenvalue weighted by molar-refractivity contribution is 6.31. The van der Waals surface area contributed by atoms with Gasteiger partial charge in [-0.2, -0.15) is 5.26 Å². The van der Waals surface area contributed by atoms with Gasteiger partial charge in [-0.25, -0.2) is 0 Å². The first kappa shape index (κ1) is 10.9. The third kappa shape index (κ3) is 2.00. The van der Waals surface area contributed by atoms with E-state index in [4.69, 9.17) is 16.9 Å². The summed E-state index contributed by atoms with van der Waals surface area (Å²) in [5.41, 5.74) is 0.938. The van der Waals surface area contributed by atoms with Crippen LogP contribution in [0.3, 0.4) is 0 Å². The Morgan fingerprint density at radius 1 is 1.36 bits per heavy atom. The monoisotopic (exact) mass is 209 g/mol. The summed E-state index contributed by atoms with van der Waals surface area (Å²) in [6, 6.07) is 5.05. The molecule has 1 aromatic carbocycles. The van der Waals surface area contributed by atoms with E-state index >= 15 is 0 Å². The van der Waals surface area contributed by atoms with Gasteiger partial charge in [0.1, 0.15) is 11.8 Å². The first-order chi connectivity index (χ1) is 6.36. The van der Waals surface area contributed by atoms with Gasteiger partial charge in [-0.15, -0.1) is 0 Å². The van der Waals surface area contributed by atoms with E-state index in [1.54, 1.807) is 6.07 Å². The highest BCUT2D eigenvalue weighted by Crippen LogP contribution is 2.34. The van der Waals surface area contributed by atoms with Crippen molar-refractivity contribution in [1.82, 2.24) is 0 Å². The Balaban J connectivity index is 3.41. The Bertz CT molecular complexity index is 399. The van der Waals surface area contributed by atoms with E-state index in [9.17, 15) is 5.11 Å². The van der Waals surface area contributed by atoms with Crippen molar-refractivity contribution in [2.75, 3.05) is 0 Å². The first-order valence-corrected chi connectivity index (χ1v) is 4.67. The maximum Gasteiger partial charge on any atom is 0.120 e.